The Morgan fingerprint density at radius 3 is 1.42 bits per heavy atom. The lowest BCUT2D eigenvalue weighted by atomic mass is 10.3. The van der Waals surface area contributed by atoms with Crippen molar-refractivity contribution in [2.75, 3.05) is 24.6 Å². The van der Waals surface area contributed by atoms with E-state index in [2.05, 4.69) is 0 Å². The molecule has 0 aromatic heterocycles. The topological polar surface area (TPSA) is 52.0 Å². The maximum atomic E-state index is 5.38. The Balaban J connectivity index is 2.73. The molecule has 0 radical (unpaired) electrons. The molecular weight excluding hydrogens is 188 g/mol. The molecule has 0 aliphatic carbocycles. The largest absolute Gasteiger partial charge is 0.330 e. The fourth-order valence-corrected chi connectivity index (χ4v) is 3.02. The molecule has 0 bridgehead atoms. The zero-order valence-electron chi connectivity index (χ0n) is 7.63. The van der Waals surface area contributed by atoms with E-state index in [1.54, 1.807) is 0 Å². The molecule has 0 aliphatic rings. The van der Waals surface area contributed by atoms with Crippen molar-refractivity contribution in [3.63, 3.8) is 0 Å². The monoisotopic (exact) mass is 208 g/mol. The predicted molar refractivity (Wildman–Crippen MR) is 61.5 cm³/mol. The Bertz CT molecular complexity index is 71.5. The Labute approximate surface area is 83.6 Å². The van der Waals surface area contributed by atoms with E-state index in [4.69, 9.17) is 11.5 Å². The van der Waals surface area contributed by atoms with E-state index < -0.39 is 0 Å². The number of nitrogens with two attached hydrogens (primary N) is 2. The molecule has 2 nitrogen and oxygen atoms in total. The highest BCUT2D eigenvalue weighted by Gasteiger charge is 1.90. The molecule has 0 spiro atoms. The molecule has 0 atom stereocenters. The average molecular weight is 208 g/mol. The van der Waals surface area contributed by atoms with Crippen molar-refractivity contribution in [2.24, 2.45) is 11.5 Å². The van der Waals surface area contributed by atoms with E-state index in [-0.39, 0.29) is 0 Å². The highest BCUT2D eigenvalue weighted by molar-refractivity contribution is 8.76. The minimum absolute atomic E-state index is 0.832. The van der Waals surface area contributed by atoms with Crippen LogP contribution < -0.4 is 11.5 Å². The first kappa shape index (κ1) is 12.6. The summed E-state index contributed by atoms with van der Waals surface area (Å²) in [5.74, 6) is 2.48. The molecule has 4 N–H and O–H groups in total. The summed E-state index contributed by atoms with van der Waals surface area (Å²) in [6.07, 6.45) is 4.84. The molecule has 4 heteroatoms. The highest BCUT2D eigenvalue weighted by Crippen LogP contribution is 2.23. The van der Waals surface area contributed by atoms with Crippen LogP contribution >= 0.6 is 21.6 Å². The van der Waals surface area contributed by atoms with E-state index in [1.165, 1.54) is 24.3 Å². The Kier molecular flexibility index (Phi) is 12.2. The third-order valence-electron chi connectivity index (χ3n) is 1.45. The number of unbranched alkanes of at least 4 members (excludes halogenated alkanes) is 2. The minimum atomic E-state index is 0.832. The van der Waals surface area contributed by atoms with Gasteiger partial charge < -0.3 is 11.5 Å². The molecule has 0 rings (SSSR count). The number of rotatable bonds is 9. The maximum Gasteiger partial charge on any atom is 0.00374 e. The summed E-state index contributed by atoms with van der Waals surface area (Å²) >= 11 is 0. The van der Waals surface area contributed by atoms with Crippen LogP contribution in [0.2, 0.25) is 0 Å². The molecule has 0 saturated carbocycles. The van der Waals surface area contributed by atoms with Crippen molar-refractivity contribution >= 4 is 21.6 Å². The van der Waals surface area contributed by atoms with Crippen molar-refractivity contribution in [3.05, 3.63) is 0 Å². The molecule has 0 aliphatic heterocycles. The summed E-state index contributed by atoms with van der Waals surface area (Å²) in [5, 5.41) is 0. The zero-order valence-corrected chi connectivity index (χ0v) is 9.26. The van der Waals surface area contributed by atoms with Crippen LogP contribution in [0.5, 0.6) is 0 Å². The summed E-state index contributed by atoms with van der Waals surface area (Å²) < 4.78 is 0. The normalized spacial score (nSPS) is 10.5. The lowest BCUT2D eigenvalue weighted by Gasteiger charge is -1.99. The predicted octanol–water partition coefficient (Wildman–Crippen LogP) is 1.85. The lowest BCUT2D eigenvalue weighted by Crippen LogP contribution is -1.98. The van der Waals surface area contributed by atoms with Crippen molar-refractivity contribution in [3.8, 4) is 0 Å². The van der Waals surface area contributed by atoms with E-state index >= 15 is 0 Å². The van der Waals surface area contributed by atoms with Crippen molar-refractivity contribution in [2.45, 2.75) is 25.7 Å². The second kappa shape index (κ2) is 11.6. The van der Waals surface area contributed by atoms with Crippen molar-refractivity contribution in [1.29, 1.82) is 0 Å². The quantitative estimate of drug-likeness (QED) is 0.448. The summed E-state index contributed by atoms with van der Waals surface area (Å²) in [7, 11) is 3.93. The van der Waals surface area contributed by atoms with Gasteiger partial charge in [-0.2, -0.15) is 0 Å². The molecular formula is C8H20N2S2. The van der Waals surface area contributed by atoms with Gasteiger partial charge in [0.15, 0.2) is 0 Å². The zero-order chi connectivity index (χ0) is 9.07. The summed E-state index contributed by atoms with van der Waals surface area (Å²) in [6.45, 7) is 1.66. The van der Waals surface area contributed by atoms with E-state index in [0.717, 1.165) is 25.9 Å². The first-order chi connectivity index (χ1) is 5.91. The third-order valence-corrected chi connectivity index (χ3v) is 4.02. The SMILES string of the molecule is NCCCCSSCCCCN. The number of hydrogen-bond donors (Lipinski definition) is 2. The molecule has 0 unspecified atom stereocenters. The molecule has 12 heavy (non-hydrogen) atoms. The summed E-state index contributed by atoms with van der Waals surface area (Å²) in [6, 6.07) is 0. The fraction of sp³-hybridized carbons (Fsp3) is 1.00. The van der Waals surface area contributed by atoms with Gasteiger partial charge in [-0.25, -0.2) is 0 Å². The molecule has 74 valence electrons. The highest BCUT2D eigenvalue weighted by atomic mass is 33.1. The fourth-order valence-electron chi connectivity index (χ4n) is 0.729. The summed E-state index contributed by atoms with van der Waals surface area (Å²) in [5.41, 5.74) is 10.8. The molecule has 0 fully saturated rings. The molecule has 0 amide bonds. The maximum absolute atomic E-state index is 5.38. The second-order valence-electron chi connectivity index (χ2n) is 2.64. The van der Waals surface area contributed by atoms with Crippen LogP contribution in [-0.2, 0) is 0 Å². The molecule has 0 aromatic rings. The van der Waals surface area contributed by atoms with Gasteiger partial charge in [-0.15, -0.1) is 0 Å². The van der Waals surface area contributed by atoms with E-state index in [0.29, 0.717) is 0 Å². The van der Waals surface area contributed by atoms with Crippen molar-refractivity contribution < 1.29 is 0 Å². The Morgan fingerprint density at radius 2 is 1.08 bits per heavy atom. The van der Waals surface area contributed by atoms with Gasteiger partial charge in [0.25, 0.3) is 0 Å². The van der Waals surface area contributed by atoms with Gasteiger partial charge >= 0.3 is 0 Å². The van der Waals surface area contributed by atoms with Crippen LogP contribution in [0.4, 0.5) is 0 Å². The second-order valence-corrected chi connectivity index (χ2v) is 5.34. The minimum Gasteiger partial charge on any atom is -0.330 e. The van der Waals surface area contributed by atoms with Gasteiger partial charge in [-0.3, -0.25) is 0 Å². The first-order valence-corrected chi connectivity index (χ1v) is 7.05. The van der Waals surface area contributed by atoms with Gasteiger partial charge in [0, 0.05) is 11.5 Å². The van der Waals surface area contributed by atoms with Crippen LogP contribution in [0, 0.1) is 0 Å². The van der Waals surface area contributed by atoms with Gasteiger partial charge in [0.05, 0.1) is 0 Å². The lowest BCUT2D eigenvalue weighted by molar-refractivity contribution is 0.814. The number of hydrogen-bond acceptors (Lipinski definition) is 4. The smallest absolute Gasteiger partial charge is 0.00374 e. The summed E-state index contributed by atoms with van der Waals surface area (Å²) in [4.78, 5) is 0. The van der Waals surface area contributed by atoms with Crippen LogP contribution in [0.3, 0.4) is 0 Å². The Hall–Kier alpha value is 0.620. The van der Waals surface area contributed by atoms with Crippen LogP contribution in [0.15, 0.2) is 0 Å². The van der Waals surface area contributed by atoms with Crippen LogP contribution in [0.25, 0.3) is 0 Å². The molecule has 0 aromatic carbocycles. The van der Waals surface area contributed by atoms with E-state index in [9.17, 15) is 0 Å². The third kappa shape index (κ3) is 10.6. The van der Waals surface area contributed by atoms with Crippen LogP contribution in [-0.4, -0.2) is 24.6 Å². The van der Waals surface area contributed by atoms with Gasteiger partial charge in [-0.05, 0) is 38.8 Å². The van der Waals surface area contributed by atoms with Crippen molar-refractivity contribution in [1.82, 2.24) is 0 Å². The average Bonchev–Trinajstić information content (AvgIpc) is 2.10. The molecule has 0 saturated heterocycles. The van der Waals surface area contributed by atoms with E-state index in [1.807, 2.05) is 21.6 Å². The first-order valence-electron chi connectivity index (χ1n) is 4.56. The standard InChI is InChI=1S/C8H20N2S2/c9-5-1-3-7-11-12-8-4-2-6-10/h1-10H2. The van der Waals surface area contributed by atoms with Gasteiger partial charge in [0.1, 0.15) is 0 Å². The molecule has 0 heterocycles. The van der Waals surface area contributed by atoms with Crippen LogP contribution in [0.1, 0.15) is 25.7 Å². The van der Waals surface area contributed by atoms with Gasteiger partial charge in [-0.1, -0.05) is 21.6 Å². The van der Waals surface area contributed by atoms with Gasteiger partial charge in [0.2, 0.25) is 0 Å². The Morgan fingerprint density at radius 1 is 0.667 bits per heavy atom.